The standard InChI is InChI=1S/C26H45N3O5/c1-17(2)7-6-13-25(3,4)23-22(32-5)20(12-14-26(23)16-33-26)34-24(31)29-19-10-8-18(9-11-19)28-21(30)15-27/h7,18-20,22-23H,6,8-16,27H2,1-5H3,(H,28,30)(H,29,31)/t18?,19?,20?,22?,23?,26-/m0/s1. The van der Waals surface area contributed by atoms with Gasteiger partial charge in [0.1, 0.15) is 12.2 Å². The molecule has 1 heterocycles. The van der Waals surface area contributed by atoms with Crippen molar-refractivity contribution in [2.75, 3.05) is 20.3 Å². The van der Waals surface area contributed by atoms with Gasteiger partial charge >= 0.3 is 6.09 Å². The summed E-state index contributed by atoms with van der Waals surface area (Å²) in [6, 6.07) is 0.183. The minimum atomic E-state index is -0.379. The molecule has 1 saturated heterocycles. The van der Waals surface area contributed by atoms with Crippen LogP contribution in [0.5, 0.6) is 0 Å². The molecule has 4 atom stereocenters. The molecule has 8 heteroatoms. The lowest BCUT2D eigenvalue weighted by molar-refractivity contribution is -0.133. The van der Waals surface area contributed by atoms with Crippen LogP contribution in [0.25, 0.3) is 0 Å². The van der Waals surface area contributed by atoms with Crippen LogP contribution in [0.1, 0.15) is 79.1 Å². The Balaban J connectivity index is 1.56. The molecule has 1 spiro atoms. The highest BCUT2D eigenvalue weighted by molar-refractivity contribution is 5.78. The molecule has 4 N–H and O–H groups in total. The fraction of sp³-hybridized carbons (Fsp3) is 0.846. The van der Waals surface area contributed by atoms with Crippen molar-refractivity contribution in [3.8, 4) is 0 Å². The normalized spacial score (nSPS) is 33.2. The summed E-state index contributed by atoms with van der Waals surface area (Å²) >= 11 is 0. The molecule has 1 aliphatic heterocycles. The number of alkyl carbamates (subject to hydrolysis) is 1. The van der Waals surface area contributed by atoms with Crippen molar-refractivity contribution in [3.63, 3.8) is 0 Å². The highest BCUT2D eigenvalue weighted by Gasteiger charge is 2.63. The lowest BCUT2D eigenvalue weighted by Gasteiger charge is -2.48. The van der Waals surface area contributed by atoms with Gasteiger partial charge in [0.05, 0.1) is 18.8 Å². The molecule has 0 radical (unpaired) electrons. The Morgan fingerprint density at radius 1 is 1.12 bits per heavy atom. The van der Waals surface area contributed by atoms with Crippen molar-refractivity contribution in [2.45, 2.75) is 109 Å². The molecule has 2 saturated carbocycles. The zero-order chi connectivity index (χ0) is 24.9. The number of epoxide rings is 1. The fourth-order valence-corrected chi connectivity index (χ4v) is 6.10. The van der Waals surface area contributed by atoms with Crippen molar-refractivity contribution in [1.29, 1.82) is 0 Å². The number of allylic oxidation sites excluding steroid dienone is 2. The highest BCUT2D eigenvalue weighted by atomic mass is 16.6. The maximum absolute atomic E-state index is 12.8. The zero-order valence-corrected chi connectivity index (χ0v) is 21.7. The molecule has 3 aliphatic rings. The summed E-state index contributed by atoms with van der Waals surface area (Å²) in [6.07, 6.45) is 8.32. The Labute approximate surface area is 204 Å². The molecule has 0 aromatic carbocycles. The molecule has 2 aliphatic carbocycles. The van der Waals surface area contributed by atoms with Gasteiger partial charge in [-0.1, -0.05) is 25.5 Å². The van der Waals surface area contributed by atoms with Crippen LogP contribution in [0.15, 0.2) is 11.6 Å². The predicted molar refractivity (Wildman–Crippen MR) is 131 cm³/mol. The number of carbonyl (C=O) groups excluding carboxylic acids is 2. The van der Waals surface area contributed by atoms with Gasteiger partial charge in [0, 0.05) is 25.1 Å². The maximum atomic E-state index is 12.8. The minimum absolute atomic E-state index is 0.00559. The number of amides is 2. The van der Waals surface area contributed by atoms with Crippen LogP contribution in [0.2, 0.25) is 0 Å². The topological polar surface area (TPSA) is 115 Å². The third-order valence-corrected chi connectivity index (χ3v) is 7.94. The van der Waals surface area contributed by atoms with Gasteiger partial charge in [0.25, 0.3) is 0 Å². The second-order valence-electron chi connectivity index (χ2n) is 11.3. The highest BCUT2D eigenvalue weighted by Crippen LogP contribution is 2.55. The molecule has 8 nitrogen and oxygen atoms in total. The van der Waals surface area contributed by atoms with E-state index < -0.39 is 0 Å². The summed E-state index contributed by atoms with van der Waals surface area (Å²) < 4.78 is 18.0. The van der Waals surface area contributed by atoms with Crippen LogP contribution in [-0.4, -0.2) is 62.2 Å². The van der Waals surface area contributed by atoms with Gasteiger partial charge < -0.3 is 30.6 Å². The monoisotopic (exact) mass is 479 g/mol. The Bertz CT molecular complexity index is 737. The van der Waals surface area contributed by atoms with Gasteiger partial charge in [-0.3, -0.25) is 4.79 Å². The van der Waals surface area contributed by atoms with E-state index in [-0.39, 0.29) is 59.8 Å². The van der Waals surface area contributed by atoms with Crippen molar-refractivity contribution in [1.82, 2.24) is 10.6 Å². The van der Waals surface area contributed by atoms with E-state index in [4.69, 9.17) is 19.9 Å². The Hall–Kier alpha value is -1.64. The number of carbonyl (C=O) groups is 2. The Morgan fingerprint density at radius 2 is 1.74 bits per heavy atom. The van der Waals surface area contributed by atoms with Crippen molar-refractivity contribution < 1.29 is 23.8 Å². The average molecular weight is 480 g/mol. The lowest BCUT2D eigenvalue weighted by Crippen LogP contribution is -2.56. The van der Waals surface area contributed by atoms with Gasteiger partial charge in [-0.25, -0.2) is 4.79 Å². The van der Waals surface area contributed by atoms with Crippen LogP contribution < -0.4 is 16.4 Å². The molecule has 0 aromatic heterocycles. The first-order chi connectivity index (χ1) is 16.1. The largest absolute Gasteiger partial charge is 0.443 e. The first-order valence-electron chi connectivity index (χ1n) is 12.9. The molecule has 3 rings (SSSR count). The SMILES string of the molecule is COC1C(OC(=O)NC2CCC(NC(=O)CN)CC2)CC[C@]2(CO2)C1C(C)(C)CCC=C(C)C. The molecule has 2 amide bonds. The Kier molecular flexibility index (Phi) is 9.04. The third kappa shape index (κ3) is 6.73. The summed E-state index contributed by atoms with van der Waals surface area (Å²) in [7, 11) is 1.72. The molecule has 0 bridgehead atoms. The number of nitrogens with two attached hydrogens (primary N) is 1. The summed E-state index contributed by atoms with van der Waals surface area (Å²) in [4.78, 5) is 24.3. The second-order valence-corrected chi connectivity index (χ2v) is 11.3. The first kappa shape index (κ1) is 27.0. The van der Waals surface area contributed by atoms with E-state index in [9.17, 15) is 9.59 Å². The van der Waals surface area contributed by atoms with Crippen LogP contribution in [-0.2, 0) is 19.0 Å². The summed E-state index contributed by atoms with van der Waals surface area (Å²) in [5, 5.41) is 5.98. The van der Waals surface area contributed by atoms with Gasteiger partial charge in [-0.2, -0.15) is 0 Å². The van der Waals surface area contributed by atoms with E-state index in [2.05, 4.69) is 44.4 Å². The van der Waals surface area contributed by atoms with Crippen LogP contribution in [0.4, 0.5) is 4.79 Å². The summed E-state index contributed by atoms with van der Waals surface area (Å²) in [5.74, 6) is 0.0261. The second kappa shape index (κ2) is 11.4. The third-order valence-electron chi connectivity index (χ3n) is 7.94. The van der Waals surface area contributed by atoms with Crippen molar-refractivity contribution in [3.05, 3.63) is 11.6 Å². The molecular weight excluding hydrogens is 434 g/mol. The van der Waals surface area contributed by atoms with Gasteiger partial charge in [-0.15, -0.1) is 0 Å². The van der Waals surface area contributed by atoms with E-state index in [0.29, 0.717) is 0 Å². The van der Waals surface area contributed by atoms with Crippen LogP contribution in [0, 0.1) is 11.3 Å². The van der Waals surface area contributed by atoms with E-state index in [1.807, 2.05) is 0 Å². The molecule has 34 heavy (non-hydrogen) atoms. The molecular formula is C26H45N3O5. The predicted octanol–water partition coefficient (Wildman–Crippen LogP) is 3.43. The van der Waals surface area contributed by atoms with E-state index in [1.165, 1.54) is 5.57 Å². The van der Waals surface area contributed by atoms with Crippen LogP contribution in [0.3, 0.4) is 0 Å². The van der Waals surface area contributed by atoms with E-state index in [0.717, 1.165) is 58.0 Å². The smallest absolute Gasteiger partial charge is 0.407 e. The lowest BCUT2D eigenvalue weighted by atomic mass is 9.61. The summed E-state index contributed by atoms with van der Waals surface area (Å²) in [6.45, 7) is 9.59. The first-order valence-corrected chi connectivity index (χ1v) is 12.9. The number of hydrogen-bond donors (Lipinski definition) is 3. The van der Waals surface area contributed by atoms with Crippen LogP contribution >= 0.6 is 0 Å². The van der Waals surface area contributed by atoms with Crippen molar-refractivity contribution in [2.24, 2.45) is 17.1 Å². The van der Waals surface area contributed by atoms with Crippen molar-refractivity contribution >= 4 is 12.0 Å². The number of methoxy groups -OCH3 is 1. The fourth-order valence-electron chi connectivity index (χ4n) is 6.10. The number of ether oxygens (including phenoxy) is 3. The maximum Gasteiger partial charge on any atom is 0.407 e. The quantitative estimate of drug-likeness (QED) is 0.345. The van der Waals surface area contributed by atoms with Gasteiger partial charge in [-0.05, 0) is 70.6 Å². The van der Waals surface area contributed by atoms with E-state index in [1.54, 1.807) is 7.11 Å². The minimum Gasteiger partial charge on any atom is -0.443 e. The molecule has 0 aromatic rings. The Morgan fingerprint density at radius 3 is 2.26 bits per heavy atom. The number of nitrogens with one attached hydrogen (secondary N) is 2. The van der Waals surface area contributed by atoms with E-state index >= 15 is 0 Å². The van der Waals surface area contributed by atoms with Gasteiger partial charge in [0.2, 0.25) is 5.91 Å². The summed E-state index contributed by atoms with van der Waals surface area (Å²) in [5.41, 5.74) is 6.53. The zero-order valence-electron chi connectivity index (χ0n) is 21.7. The average Bonchev–Trinajstić information content (AvgIpc) is 3.55. The van der Waals surface area contributed by atoms with Gasteiger partial charge in [0.15, 0.2) is 0 Å². The number of hydrogen-bond acceptors (Lipinski definition) is 6. The number of rotatable bonds is 9. The molecule has 3 unspecified atom stereocenters. The molecule has 194 valence electrons. The molecule has 3 fully saturated rings.